The molecule has 3 heterocycles. The quantitative estimate of drug-likeness (QED) is 0.777. The van der Waals surface area contributed by atoms with E-state index in [4.69, 9.17) is 16.3 Å². The fraction of sp³-hybridized carbons (Fsp3) is 0.375. The van der Waals surface area contributed by atoms with E-state index in [0.29, 0.717) is 23.7 Å². The summed E-state index contributed by atoms with van der Waals surface area (Å²) in [6.07, 6.45) is 8.21. The summed E-state index contributed by atoms with van der Waals surface area (Å²) in [5.74, 6) is -0.0159. The van der Waals surface area contributed by atoms with Crippen LogP contribution in [0.25, 0.3) is 0 Å². The lowest BCUT2D eigenvalue weighted by atomic mass is 10.1. The Hall–Kier alpha value is -1.86. The van der Waals surface area contributed by atoms with Crippen LogP contribution in [-0.4, -0.2) is 51.2 Å². The summed E-state index contributed by atoms with van der Waals surface area (Å²) in [6.45, 7) is 1.22. The van der Waals surface area contributed by atoms with Gasteiger partial charge in [0.15, 0.2) is 0 Å². The molecule has 0 spiro atoms. The number of hydrogen-bond acceptors (Lipinski definition) is 6. The van der Waals surface area contributed by atoms with Gasteiger partial charge in [-0.05, 0) is 31.2 Å². The number of carbonyl (C=O) groups is 1. The number of ether oxygens (including phenoxy) is 1. The smallest absolute Gasteiger partial charge is 0.316 e. The number of carbonyl (C=O) groups excluding carboxylic acids is 1. The second-order valence-corrected chi connectivity index (χ2v) is 6.61. The average Bonchev–Trinajstić information content (AvgIpc) is 2.63. The number of amides is 1. The Labute approximate surface area is 149 Å². The predicted octanol–water partition coefficient (Wildman–Crippen LogP) is 2.93. The summed E-state index contributed by atoms with van der Waals surface area (Å²) in [7, 11) is 0. The summed E-state index contributed by atoms with van der Waals surface area (Å²) in [4.78, 5) is 26.9. The number of thioether (sulfide) groups is 1. The highest BCUT2D eigenvalue weighted by Crippen LogP contribution is 2.22. The van der Waals surface area contributed by atoms with Gasteiger partial charge in [-0.2, -0.15) is 0 Å². The molecular weight excluding hydrogens is 348 g/mol. The first-order chi connectivity index (χ1) is 11.7. The summed E-state index contributed by atoms with van der Waals surface area (Å²) in [5.41, 5.74) is 0.633. The van der Waals surface area contributed by atoms with Gasteiger partial charge in [-0.3, -0.25) is 4.79 Å². The van der Waals surface area contributed by atoms with Crippen LogP contribution >= 0.6 is 23.4 Å². The van der Waals surface area contributed by atoms with Gasteiger partial charge in [0, 0.05) is 12.7 Å². The fourth-order valence-electron chi connectivity index (χ4n) is 2.62. The highest BCUT2D eigenvalue weighted by Gasteiger charge is 2.27. The van der Waals surface area contributed by atoms with E-state index in [-0.39, 0.29) is 18.0 Å². The Bertz CT molecular complexity index is 713. The molecule has 0 N–H and O–H groups in total. The zero-order valence-electron chi connectivity index (χ0n) is 13.2. The van der Waals surface area contributed by atoms with E-state index in [1.165, 1.54) is 24.2 Å². The van der Waals surface area contributed by atoms with Crippen LogP contribution in [0, 0.1) is 0 Å². The maximum Gasteiger partial charge on any atom is 0.316 e. The molecule has 1 unspecified atom stereocenters. The molecule has 0 aromatic carbocycles. The van der Waals surface area contributed by atoms with E-state index in [9.17, 15) is 4.79 Å². The van der Waals surface area contributed by atoms with Crippen LogP contribution in [0.5, 0.6) is 6.01 Å². The minimum Gasteiger partial charge on any atom is -0.458 e. The minimum atomic E-state index is -0.127. The van der Waals surface area contributed by atoms with Gasteiger partial charge in [-0.25, -0.2) is 15.0 Å². The minimum absolute atomic E-state index is 0.0159. The first-order valence-corrected chi connectivity index (χ1v) is 9.20. The first kappa shape index (κ1) is 17.0. The molecule has 1 aliphatic rings. The Balaban J connectivity index is 1.68. The van der Waals surface area contributed by atoms with E-state index in [2.05, 4.69) is 15.0 Å². The molecule has 1 fully saturated rings. The van der Waals surface area contributed by atoms with Crippen molar-refractivity contribution in [3.8, 4) is 6.01 Å². The number of halogens is 1. The van der Waals surface area contributed by atoms with E-state index in [1.54, 1.807) is 17.2 Å². The van der Waals surface area contributed by atoms with E-state index < -0.39 is 0 Å². The van der Waals surface area contributed by atoms with Crippen LogP contribution in [0.15, 0.2) is 35.7 Å². The van der Waals surface area contributed by atoms with Crippen LogP contribution in [-0.2, 0) is 0 Å². The van der Waals surface area contributed by atoms with E-state index in [0.717, 1.165) is 17.9 Å². The molecular formula is C16H17ClN4O2S. The summed E-state index contributed by atoms with van der Waals surface area (Å²) < 4.78 is 5.79. The van der Waals surface area contributed by atoms with Crippen molar-refractivity contribution in [2.75, 3.05) is 19.3 Å². The number of hydrogen-bond donors (Lipinski definition) is 0. The maximum absolute atomic E-state index is 12.8. The van der Waals surface area contributed by atoms with Gasteiger partial charge in [-0.15, -0.1) is 11.8 Å². The van der Waals surface area contributed by atoms with Crippen molar-refractivity contribution >= 4 is 29.3 Å². The Morgan fingerprint density at radius 1 is 1.38 bits per heavy atom. The lowest BCUT2D eigenvalue weighted by molar-refractivity contribution is 0.0512. The molecule has 6 nitrogen and oxygen atoms in total. The molecule has 1 saturated heterocycles. The van der Waals surface area contributed by atoms with Gasteiger partial charge < -0.3 is 9.64 Å². The monoisotopic (exact) mass is 364 g/mol. The third-order valence-electron chi connectivity index (χ3n) is 3.73. The summed E-state index contributed by atoms with van der Waals surface area (Å²) in [5, 5.41) is 1.20. The van der Waals surface area contributed by atoms with Gasteiger partial charge in [0.05, 0.1) is 29.5 Å². The van der Waals surface area contributed by atoms with E-state index in [1.807, 2.05) is 12.3 Å². The van der Waals surface area contributed by atoms with Crippen LogP contribution in [0.4, 0.5) is 0 Å². The summed E-state index contributed by atoms with van der Waals surface area (Å²) in [6, 6.07) is 3.88. The van der Waals surface area contributed by atoms with Crippen molar-refractivity contribution < 1.29 is 9.53 Å². The van der Waals surface area contributed by atoms with Crippen molar-refractivity contribution in [2.45, 2.75) is 24.0 Å². The van der Waals surface area contributed by atoms with Gasteiger partial charge in [0.2, 0.25) is 0 Å². The molecule has 8 heteroatoms. The number of pyridine rings is 1. The van der Waals surface area contributed by atoms with Gasteiger partial charge >= 0.3 is 6.01 Å². The Kier molecular flexibility index (Phi) is 5.52. The van der Waals surface area contributed by atoms with Gasteiger partial charge in [0.25, 0.3) is 5.91 Å². The van der Waals surface area contributed by atoms with E-state index >= 15 is 0 Å². The standard InChI is InChI=1S/C16H17ClN4O2S/c1-24-14-13(5-2-6-18-14)15(22)21-7-3-4-12(10-21)23-16-19-8-11(17)9-20-16/h2,5-6,8-9,12H,3-4,7,10H2,1H3. The summed E-state index contributed by atoms with van der Waals surface area (Å²) >= 11 is 7.24. The lowest BCUT2D eigenvalue weighted by Crippen LogP contribution is -2.44. The molecule has 0 aliphatic carbocycles. The molecule has 24 heavy (non-hydrogen) atoms. The molecule has 0 bridgehead atoms. The molecule has 2 aromatic heterocycles. The number of piperidine rings is 1. The Morgan fingerprint density at radius 2 is 2.17 bits per heavy atom. The predicted molar refractivity (Wildman–Crippen MR) is 92.6 cm³/mol. The molecule has 0 saturated carbocycles. The SMILES string of the molecule is CSc1ncccc1C(=O)N1CCCC(Oc2ncc(Cl)cn2)C1. The largest absolute Gasteiger partial charge is 0.458 e. The van der Waals surface area contributed by atoms with Crippen molar-refractivity contribution in [3.05, 3.63) is 41.3 Å². The van der Waals surface area contributed by atoms with Crippen molar-refractivity contribution in [1.82, 2.24) is 19.9 Å². The van der Waals surface area contributed by atoms with Crippen LogP contribution in [0.3, 0.4) is 0 Å². The molecule has 2 aromatic rings. The number of aromatic nitrogens is 3. The molecule has 3 rings (SSSR count). The zero-order valence-corrected chi connectivity index (χ0v) is 14.8. The van der Waals surface area contributed by atoms with Crippen LogP contribution in [0.1, 0.15) is 23.2 Å². The molecule has 126 valence electrons. The van der Waals surface area contributed by atoms with Crippen molar-refractivity contribution in [2.24, 2.45) is 0 Å². The van der Waals surface area contributed by atoms with Crippen molar-refractivity contribution in [1.29, 1.82) is 0 Å². The van der Waals surface area contributed by atoms with Gasteiger partial charge in [0.1, 0.15) is 11.1 Å². The zero-order chi connectivity index (χ0) is 16.9. The normalized spacial score (nSPS) is 17.6. The molecule has 1 aliphatic heterocycles. The molecule has 1 atom stereocenters. The third-order valence-corrected chi connectivity index (χ3v) is 4.64. The maximum atomic E-state index is 12.8. The second-order valence-electron chi connectivity index (χ2n) is 5.38. The number of nitrogens with zero attached hydrogens (tertiary/aromatic N) is 4. The first-order valence-electron chi connectivity index (χ1n) is 7.60. The highest BCUT2D eigenvalue weighted by molar-refractivity contribution is 7.98. The fourth-order valence-corrected chi connectivity index (χ4v) is 3.25. The number of likely N-dealkylation sites (tertiary alicyclic amines) is 1. The Morgan fingerprint density at radius 3 is 2.92 bits per heavy atom. The number of rotatable bonds is 4. The lowest BCUT2D eigenvalue weighted by Gasteiger charge is -2.32. The third kappa shape index (κ3) is 3.96. The molecule has 1 amide bonds. The average molecular weight is 365 g/mol. The molecule has 0 radical (unpaired) electrons. The second kappa shape index (κ2) is 7.81. The van der Waals surface area contributed by atoms with Crippen molar-refractivity contribution in [3.63, 3.8) is 0 Å². The highest BCUT2D eigenvalue weighted by atomic mass is 35.5. The van der Waals surface area contributed by atoms with Gasteiger partial charge in [-0.1, -0.05) is 11.6 Å². The van der Waals surface area contributed by atoms with Crippen LogP contribution < -0.4 is 4.74 Å². The van der Waals surface area contributed by atoms with Crippen LogP contribution in [0.2, 0.25) is 5.02 Å². The topological polar surface area (TPSA) is 68.2 Å².